The minimum atomic E-state index is -0.254. The maximum absolute atomic E-state index is 11.8. The van der Waals surface area contributed by atoms with Gasteiger partial charge in [0.2, 0.25) is 0 Å². The first-order chi connectivity index (χ1) is 17.7. The zero-order valence-corrected chi connectivity index (χ0v) is 21.9. The van der Waals surface area contributed by atoms with Crippen LogP contribution >= 0.6 is 0 Å². The van der Waals surface area contributed by atoms with Gasteiger partial charge in [0.25, 0.3) is 0 Å². The second-order valence-corrected chi connectivity index (χ2v) is 9.11. The first-order valence-corrected chi connectivity index (χ1v) is 13.6. The molecule has 0 aliphatic carbocycles. The molecule has 0 bridgehead atoms. The summed E-state index contributed by atoms with van der Waals surface area (Å²) in [6.07, 6.45) is 15.9. The number of carbonyl (C=O) groups excluding carboxylic acids is 1. The van der Waals surface area contributed by atoms with Crippen molar-refractivity contribution < 1.29 is 19.4 Å². The van der Waals surface area contributed by atoms with Crippen LogP contribution in [0.5, 0.6) is 23.0 Å². The Morgan fingerprint density at radius 3 is 1.78 bits per heavy atom. The van der Waals surface area contributed by atoms with Crippen LogP contribution in [0.1, 0.15) is 84.0 Å². The van der Waals surface area contributed by atoms with Gasteiger partial charge in [0.05, 0.1) is 6.54 Å². The van der Waals surface area contributed by atoms with Crippen LogP contribution in [-0.4, -0.2) is 30.8 Å². The predicted molar refractivity (Wildman–Crippen MR) is 146 cm³/mol. The van der Waals surface area contributed by atoms with Crippen molar-refractivity contribution in [3.63, 3.8) is 0 Å². The number of urea groups is 1. The molecule has 2 amide bonds. The summed E-state index contributed by atoms with van der Waals surface area (Å²) in [4.78, 5) is 11.8. The molecule has 4 N–H and O–H groups in total. The maximum atomic E-state index is 11.8. The van der Waals surface area contributed by atoms with Crippen LogP contribution in [0.25, 0.3) is 0 Å². The SMILES string of the molecule is CCCCCCCCCCCCCCNNC(=O)NCCOc1ccc(Oc2ccc(O)cc2)cc1. The highest BCUT2D eigenvalue weighted by molar-refractivity contribution is 5.73. The number of amides is 2. The fraction of sp³-hybridized carbons (Fsp3) is 0.552. The molecule has 0 radical (unpaired) electrons. The second kappa shape index (κ2) is 19.3. The van der Waals surface area contributed by atoms with E-state index in [1.165, 1.54) is 70.6 Å². The Morgan fingerprint density at radius 1 is 0.694 bits per heavy atom. The number of phenols is 1. The topological polar surface area (TPSA) is 91.9 Å². The quantitative estimate of drug-likeness (QED) is 0.116. The third-order valence-corrected chi connectivity index (χ3v) is 5.91. The van der Waals surface area contributed by atoms with Crippen LogP contribution in [0.3, 0.4) is 0 Å². The second-order valence-electron chi connectivity index (χ2n) is 9.11. The van der Waals surface area contributed by atoms with Gasteiger partial charge in [0.15, 0.2) is 0 Å². The summed E-state index contributed by atoms with van der Waals surface area (Å²) >= 11 is 0. The first-order valence-electron chi connectivity index (χ1n) is 13.6. The molecular weight excluding hydrogens is 454 g/mol. The fourth-order valence-corrected chi connectivity index (χ4v) is 3.83. The van der Waals surface area contributed by atoms with Crippen LogP contribution in [0.2, 0.25) is 0 Å². The van der Waals surface area contributed by atoms with Gasteiger partial charge in [-0.2, -0.15) is 0 Å². The first kappa shape index (κ1) is 29.3. The van der Waals surface area contributed by atoms with E-state index < -0.39 is 0 Å². The van der Waals surface area contributed by atoms with Crippen LogP contribution in [-0.2, 0) is 0 Å². The summed E-state index contributed by atoms with van der Waals surface area (Å²) in [5, 5.41) is 12.1. The van der Waals surface area contributed by atoms with Crippen molar-refractivity contribution >= 4 is 6.03 Å². The third kappa shape index (κ3) is 14.5. The molecule has 2 aromatic rings. The average Bonchev–Trinajstić information content (AvgIpc) is 2.89. The number of carbonyl (C=O) groups is 1. The van der Waals surface area contributed by atoms with Gasteiger partial charge < -0.3 is 19.9 Å². The molecule has 0 aliphatic rings. The number of unbranched alkanes of at least 4 members (excludes halogenated alkanes) is 11. The minimum Gasteiger partial charge on any atom is -0.508 e. The number of ether oxygens (including phenoxy) is 2. The Labute approximate surface area is 216 Å². The van der Waals surface area contributed by atoms with Gasteiger partial charge in [-0.1, -0.05) is 77.6 Å². The molecule has 0 atom stereocenters. The lowest BCUT2D eigenvalue weighted by molar-refractivity contribution is 0.232. The summed E-state index contributed by atoms with van der Waals surface area (Å²) in [7, 11) is 0. The summed E-state index contributed by atoms with van der Waals surface area (Å²) in [5.41, 5.74) is 5.65. The molecule has 0 unspecified atom stereocenters. The zero-order valence-electron chi connectivity index (χ0n) is 21.9. The lowest BCUT2D eigenvalue weighted by atomic mass is 10.1. The molecular formula is C29H45N3O4. The molecule has 0 aliphatic heterocycles. The molecule has 2 aromatic carbocycles. The van der Waals surface area contributed by atoms with E-state index in [0.717, 1.165) is 13.0 Å². The highest BCUT2D eigenvalue weighted by Gasteiger charge is 2.01. The number of phenolic OH excluding ortho intramolecular Hbond substituents is 1. The lowest BCUT2D eigenvalue weighted by Crippen LogP contribution is -2.45. The molecule has 7 nitrogen and oxygen atoms in total. The van der Waals surface area contributed by atoms with E-state index in [2.05, 4.69) is 23.1 Å². The molecule has 36 heavy (non-hydrogen) atoms. The van der Waals surface area contributed by atoms with E-state index in [4.69, 9.17) is 9.47 Å². The molecule has 0 heterocycles. The average molecular weight is 500 g/mol. The number of hydrogen-bond donors (Lipinski definition) is 4. The van der Waals surface area contributed by atoms with Crippen LogP contribution < -0.4 is 25.6 Å². The van der Waals surface area contributed by atoms with Crippen LogP contribution in [0.4, 0.5) is 4.79 Å². The van der Waals surface area contributed by atoms with Crippen molar-refractivity contribution in [2.75, 3.05) is 19.7 Å². The maximum Gasteiger partial charge on any atom is 0.329 e. The summed E-state index contributed by atoms with van der Waals surface area (Å²) in [5.74, 6) is 2.21. The smallest absolute Gasteiger partial charge is 0.329 e. The molecule has 7 heteroatoms. The van der Waals surface area contributed by atoms with Crippen LogP contribution in [0.15, 0.2) is 48.5 Å². The highest BCUT2D eigenvalue weighted by Crippen LogP contribution is 2.25. The van der Waals surface area contributed by atoms with Crippen LogP contribution in [0, 0.1) is 0 Å². The predicted octanol–water partition coefficient (Wildman–Crippen LogP) is 7.07. The zero-order chi connectivity index (χ0) is 25.7. The Morgan fingerprint density at radius 2 is 1.19 bits per heavy atom. The largest absolute Gasteiger partial charge is 0.508 e. The molecule has 2 rings (SSSR count). The van der Waals surface area contributed by atoms with Crippen molar-refractivity contribution in [1.29, 1.82) is 0 Å². The Balaban J connectivity index is 1.38. The summed E-state index contributed by atoms with van der Waals surface area (Å²) in [6.45, 7) is 3.81. The number of aromatic hydroxyl groups is 1. The van der Waals surface area contributed by atoms with Crippen molar-refractivity contribution in [1.82, 2.24) is 16.2 Å². The molecule has 0 spiro atoms. The number of hydrazine groups is 1. The molecule has 0 saturated carbocycles. The highest BCUT2D eigenvalue weighted by atomic mass is 16.5. The van der Waals surface area contributed by atoms with Crippen molar-refractivity contribution in [2.24, 2.45) is 0 Å². The number of nitrogens with one attached hydrogen (secondary N) is 3. The molecule has 0 aromatic heterocycles. The van der Waals surface area contributed by atoms with E-state index in [1.54, 1.807) is 24.3 Å². The summed E-state index contributed by atoms with van der Waals surface area (Å²) < 4.78 is 11.4. The van der Waals surface area contributed by atoms with E-state index >= 15 is 0 Å². The molecule has 200 valence electrons. The summed E-state index contributed by atoms with van der Waals surface area (Å²) in [6, 6.07) is 13.5. The Bertz CT molecular complexity index is 812. The fourth-order valence-electron chi connectivity index (χ4n) is 3.83. The van der Waals surface area contributed by atoms with Gasteiger partial charge in [-0.3, -0.25) is 5.43 Å². The van der Waals surface area contributed by atoms with Gasteiger partial charge in [-0.15, -0.1) is 0 Å². The van der Waals surface area contributed by atoms with Gasteiger partial charge >= 0.3 is 6.03 Å². The normalized spacial score (nSPS) is 10.7. The van der Waals surface area contributed by atoms with Crippen molar-refractivity contribution in [3.05, 3.63) is 48.5 Å². The van der Waals surface area contributed by atoms with Gasteiger partial charge in [-0.25, -0.2) is 10.2 Å². The standard InChI is InChI=1S/C29H45N3O4/c1-2-3-4-5-6-7-8-9-10-11-12-13-22-31-32-29(34)30-23-24-35-26-18-20-28(21-19-26)36-27-16-14-25(33)15-17-27/h14-21,31,33H,2-13,22-24H2,1H3,(H2,30,32,34). The van der Waals surface area contributed by atoms with Crippen molar-refractivity contribution in [3.8, 4) is 23.0 Å². The van der Waals surface area contributed by atoms with Crippen molar-refractivity contribution in [2.45, 2.75) is 84.0 Å². The van der Waals surface area contributed by atoms with E-state index in [1.807, 2.05) is 24.3 Å². The number of hydrogen-bond acceptors (Lipinski definition) is 5. The van der Waals surface area contributed by atoms with Gasteiger partial charge in [-0.05, 0) is 55.0 Å². The van der Waals surface area contributed by atoms with E-state index in [0.29, 0.717) is 30.4 Å². The van der Waals surface area contributed by atoms with Gasteiger partial charge in [0.1, 0.15) is 29.6 Å². The lowest BCUT2D eigenvalue weighted by Gasteiger charge is -2.11. The molecule has 0 saturated heterocycles. The van der Waals surface area contributed by atoms with E-state index in [-0.39, 0.29) is 11.8 Å². The monoisotopic (exact) mass is 499 g/mol. The third-order valence-electron chi connectivity index (χ3n) is 5.91. The number of benzene rings is 2. The Kier molecular flexibility index (Phi) is 15.7. The molecule has 0 fully saturated rings. The van der Waals surface area contributed by atoms with Gasteiger partial charge in [0, 0.05) is 6.54 Å². The van der Waals surface area contributed by atoms with E-state index in [9.17, 15) is 9.90 Å². The Hall–Kier alpha value is -2.93. The minimum absolute atomic E-state index is 0.198. The number of rotatable bonds is 20.